The number of aryl methyl sites for hydroxylation is 4. The summed E-state index contributed by atoms with van der Waals surface area (Å²) in [6.07, 6.45) is 1.74. The average Bonchev–Trinajstić information content (AvgIpc) is 2.83. The van der Waals surface area contributed by atoms with Crippen LogP contribution in [-0.2, 0) is 4.57 Å². The molecule has 4 rings (SSSR count). The molecular weight excluding hydrogens is 437 g/mol. The smallest absolute Gasteiger partial charge is 0.206 e. The maximum absolute atomic E-state index is 15.4. The van der Waals surface area contributed by atoms with Gasteiger partial charge in [0.25, 0.3) is 0 Å². The van der Waals surface area contributed by atoms with Crippen LogP contribution in [0.15, 0.2) is 91.1 Å². The SMILES string of the molecule is Cc1cccc(C)c1P(=O)(N[C@H](c1ccccc1)[C@@H](N)c1ccccn1)c1c(C)cccc1C. The van der Waals surface area contributed by atoms with Gasteiger partial charge >= 0.3 is 0 Å². The highest BCUT2D eigenvalue weighted by Gasteiger charge is 2.38. The molecule has 0 unspecified atom stereocenters. The van der Waals surface area contributed by atoms with Crippen molar-refractivity contribution in [2.75, 3.05) is 0 Å². The molecule has 1 aromatic heterocycles. The fourth-order valence-electron chi connectivity index (χ4n) is 4.81. The Morgan fingerprint density at radius 2 is 1.21 bits per heavy atom. The zero-order valence-electron chi connectivity index (χ0n) is 20.2. The summed E-state index contributed by atoms with van der Waals surface area (Å²) in [5, 5.41) is 5.33. The Morgan fingerprint density at radius 3 is 1.68 bits per heavy atom. The summed E-state index contributed by atoms with van der Waals surface area (Å²) in [7, 11) is -3.33. The first-order chi connectivity index (χ1) is 16.3. The predicted octanol–water partition coefficient (Wildman–Crippen LogP) is 5.58. The number of hydrogen-bond donors (Lipinski definition) is 2. The monoisotopic (exact) mass is 469 g/mol. The largest absolute Gasteiger partial charge is 0.321 e. The van der Waals surface area contributed by atoms with E-state index in [0.29, 0.717) is 0 Å². The van der Waals surface area contributed by atoms with Crippen molar-refractivity contribution < 1.29 is 4.57 Å². The summed E-state index contributed by atoms with van der Waals surface area (Å²) in [4.78, 5) is 4.52. The Labute approximate surface area is 202 Å². The number of pyridine rings is 1. The van der Waals surface area contributed by atoms with Crippen molar-refractivity contribution in [3.8, 4) is 0 Å². The van der Waals surface area contributed by atoms with E-state index < -0.39 is 19.4 Å². The van der Waals surface area contributed by atoms with Gasteiger partial charge in [0.15, 0.2) is 0 Å². The van der Waals surface area contributed by atoms with Crippen LogP contribution in [0.1, 0.15) is 45.6 Å². The van der Waals surface area contributed by atoms with Crippen LogP contribution >= 0.6 is 7.29 Å². The normalized spacial score (nSPS) is 13.4. The molecule has 0 bridgehead atoms. The number of rotatable bonds is 7. The molecule has 1 heterocycles. The third-order valence-corrected chi connectivity index (χ3v) is 9.69. The summed E-state index contributed by atoms with van der Waals surface area (Å²) in [6, 6.07) is 27.0. The number of nitrogens with one attached hydrogen (secondary N) is 1. The zero-order valence-corrected chi connectivity index (χ0v) is 21.1. The van der Waals surface area contributed by atoms with E-state index in [1.54, 1.807) is 6.20 Å². The summed E-state index contributed by atoms with van der Waals surface area (Å²) in [6.45, 7) is 8.11. The van der Waals surface area contributed by atoms with Crippen molar-refractivity contribution in [2.24, 2.45) is 5.73 Å². The minimum absolute atomic E-state index is 0.417. The lowest BCUT2D eigenvalue weighted by Crippen LogP contribution is -2.39. The molecule has 4 aromatic rings. The fraction of sp³-hybridized carbons (Fsp3) is 0.207. The van der Waals surface area contributed by atoms with Crippen LogP contribution in [0.25, 0.3) is 0 Å². The van der Waals surface area contributed by atoms with Crippen LogP contribution in [0.5, 0.6) is 0 Å². The van der Waals surface area contributed by atoms with Gasteiger partial charge in [-0.05, 0) is 67.6 Å². The highest BCUT2D eigenvalue weighted by atomic mass is 31.2. The molecule has 0 radical (unpaired) electrons. The number of nitrogens with zero attached hydrogens (tertiary/aromatic N) is 1. The van der Waals surface area contributed by atoms with E-state index >= 15 is 4.57 Å². The molecule has 3 aromatic carbocycles. The van der Waals surface area contributed by atoms with Gasteiger partial charge in [0.2, 0.25) is 7.29 Å². The van der Waals surface area contributed by atoms with E-state index in [2.05, 4.69) is 10.1 Å². The van der Waals surface area contributed by atoms with Gasteiger partial charge in [0, 0.05) is 16.8 Å². The Bertz CT molecular complexity index is 1230. The maximum atomic E-state index is 15.4. The first kappa shape index (κ1) is 24.1. The molecule has 0 aliphatic rings. The summed E-state index contributed by atoms with van der Waals surface area (Å²) < 4.78 is 15.4. The van der Waals surface area contributed by atoms with Crippen molar-refractivity contribution in [3.63, 3.8) is 0 Å². The molecule has 0 saturated carbocycles. The predicted molar refractivity (Wildman–Crippen MR) is 142 cm³/mol. The van der Waals surface area contributed by atoms with Crippen LogP contribution in [0.4, 0.5) is 0 Å². The van der Waals surface area contributed by atoms with Crippen molar-refractivity contribution >= 4 is 17.9 Å². The van der Waals surface area contributed by atoms with Crippen LogP contribution in [0, 0.1) is 27.7 Å². The standard InChI is InChI=1S/C29H32N3OP/c1-20-12-10-13-21(2)28(20)34(33,29-22(3)14-11-15-23(29)4)32-27(24-16-6-5-7-17-24)26(30)25-18-8-9-19-31-25/h5-19,26-27H,30H2,1-4H3,(H,32,33)/t26-,27+/m0/s1. The number of hydrogen-bond acceptors (Lipinski definition) is 3. The first-order valence-corrected chi connectivity index (χ1v) is 13.3. The summed E-state index contributed by atoms with van der Waals surface area (Å²) in [5.74, 6) is 0. The Hall–Kier alpha value is -3.04. The van der Waals surface area contributed by atoms with E-state index in [1.807, 2.05) is 113 Å². The molecule has 5 heteroatoms. The molecular formula is C29H32N3OP. The molecule has 0 amide bonds. The minimum Gasteiger partial charge on any atom is -0.321 e. The van der Waals surface area contributed by atoms with Crippen LogP contribution in [0.2, 0.25) is 0 Å². The molecule has 0 aliphatic heterocycles. The van der Waals surface area contributed by atoms with Crippen LogP contribution in [0.3, 0.4) is 0 Å². The van der Waals surface area contributed by atoms with Gasteiger partial charge in [-0.15, -0.1) is 0 Å². The number of benzene rings is 3. The number of nitrogens with two attached hydrogens (primary N) is 1. The van der Waals surface area contributed by atoms with Gasteiger partial charge in [-0.25, -0.2) is 0 Å². The second kappa shape index (κ2) is 10.1. The molecule has 0 spiro atoms. The lowest BCUT2D eigenvalue weighted by Gasteiger charge is -2.33. The second-order valence-electron chi connectivity index (χ2n) is 8.89. The van der Waals surface area contributed by atoms with Gasteiger partial charge < -0.3 is 5.73 Å². The molecule has 0 aliphatic carbocycles. The lowest BCUT2D eigenvalue weighted by molar-refractivity contribution is 0.503. The summed E-state index contributed by atoms with van der Waals surface area (Å²) >= 11 is 0. The van der Waals surface area contributed by atoms with E-state index in [9.17, 15) is 0 Å². The van der Waals surface area contributed by atoms with Gasteiger partial charge in [0.1, 0.15) is 0 Å². The highest BCUT2D eigenvalue weighted by Crippen LogP contribution is 2.47. The first-order valence-electron chi connectivity index (χ1n) is 11.6. The molecule has 0 saturated heterocycles. The molecule has 3 N–H and O–H groups in total. The van der Waals surface area contributed by atoms with E-state index in [-0.39, 0.29) is 0 Å². The van der Waals surface area contributed by atoms with Gasteiger partial charge in [-0.1, -0.05) is 72.8 Å². The molecule has 174 valence electrons. The Morgan fingerprint density at radius 1 is 0.706 bits per heavy atom. The molecule has 34 heavy (non-hydrogen) atoms. The van der Waals surface area contributed by atoms with Crippen LogP contribution in [-0.4, -0.2) is 4.98 Å². The number of aromatic nitrogens is 1. The summed E-state index contributed by atoms with van der Waals surface area (Å²) in [5.41, 5.74) is 12.5. The third kappa shape index (κ3) is 4.63. The molecule has 0 fully saturated rings. The topological polar surface area (TPSA) is 68.0 Å². The fourth-order valence-corrected chi connectivity index (χ4v) is 8.28. The minimum atomic E-state index is -3.33. The van der Waals surface area contributed by atoms with E-state index in [0.717, 1.165) is 44.1 Å². The average molecular weight is 470 g/mol. The Kier molecular flexibility index (Phi) is 7.13. The maximum Gasteiger partial charge on any atom is 0.206 e. The Balaban J connectivity index is 1.96. The lowest BCUT2D eigenvalue weighted by atomic mass is 9.98. The van der Waals surface area contributed by atoms with E-state index in [4.69, 9.17) is 5.73 Å². The van der Waals surface area contributed by atoms with Crippen molar-refractivity contribution in [1.82, 2.24) is 10.1 Å². The zero-order chi connectivity index (χ0) is 24.3. The van der Waals surface area contributed by atoms with Gasteiger partial charge in [0.05, 0.1) is 17.8 Å². The quantitative estimate of drug-likeness (QED) is 0.347. The molecule has 4 nitrogen and oxygen atoms in total. The van der Waals surface area contributed by atoms with E-state index in [1.165, 1.54) is 0 Å². The third-order valence-electron chi connectivity index (χ3n) is 6.38. The van der Waals surface area contributed by atoms with Crippen molar-refractivity contribution in [2.45, 2.75) is 39.8 Å². The van der Waals surface area contributed by atoms with Crippen molar-refractivity contribution in [3.05, 3.63) is 125 Å². The molecule has 2 atom stereocenters. The van der Waals surface area contributed by atoms with Crippen molar-refractivity contribution in [1.29, 1.82) is 0 Å². The van der Waals surface area contributed by atoms with Crippen LogP contribution < -0.4 is 21.4 Å². The van der Waals surface area contributed by atoms with Gasteiger partial charge in [-0.3, -0.25) is 14.6 Å². The second-order valence-corrected chi connectivity index (χ2v) is 11.3. The van der Waals surface area contributed by atoms with Gasteiger partial charge in [-0.2, -0.15) is 0 Å². The highest BCUT2D eigenvalue weighted by molar-refractivity contribution is 7.77.